The van der Waals surface area contributed by atoms with E-state index in [4.69, 9.17) is 0 Å². The molecule has 2 heterocycles. The van der Waals surface area contributed by atoms with Crippen molar-refractivity contribution in [1.29, 1.82) is 0 Å². The number of nitrogens with one attached hydrogen (secondary N) is 1. The van der Waals surface area contributed by atoms with Gasteiger partial charge in [0.25, 0.3) is 0 Å². The zero-order valence-corrected chi connectivity index (χ0v) is 11.0. The van der Waals surface area contributed by atoms with Crippen molar-refractivity contribution in [2.24, 2.45) is 5.92 Å². The second-order valence-electron chi connectivity index (χ2n) is 4.93. The van der Waals surface area contributed by atoms with E-state index in [0.29, 0.717) is 18.9 Å². The van der Waals surface area contributed by atoms with Crippen LogP contribution in [0.15, 0.2) is 30.5 Å². The molecule has 1 saturated heterocycles. The molecule has 2 aromatic rings. The maximum atomic E-state index is 11.8. The van der Waals surface area contributed by atoms with Crippen molar-refractivity contribution in [2.75, 3.05) is 12.3 Å². The van der Waals surface area contributed by atoms with Crippen molar-refractivity contribution in [2.45, 2.75) is 13.0 Å². The van der Waals surface area contributed by atoms with Crippen molar-refractivity contribution in [1.82, 2.24) is 9.88 Å². The number of carbonyl (C=O) groups excluding carboxylic acids is 1. The molecule has 0 bridgehead atoms. The molecule has 18 heavy (non-hydrogen) atoms. The van der Waals surface area contributed by atoms with Crippen LogP contribution in [0.4, 0.5) is 0 Å². The maximum absolute atomic E-state index is 11.8. The predicted octanol–water partition coefficient (Wildman–Crippen LogP) is 2.45. The Labute approximate surface area is 112 Å². The zero-order chi connectivity index (χ0) is 12.5. The minimum Gasteiger partial charge on any atom is -0.361 e. The molecule has 94 valence electrons. The van der Waals surface area contributed by atoms with E-state index in [2.05, 4.69) is 41.9 Å². The van der Waals surface area contributed by atoms with Crippen molar-refractivity contribution in [3.63, 3.8) is 0 Å². The van der Waals surface area contributed by atoms with Gasteiger partial charge in [0.15, 0.2) is 0 Å². The van der Waals surface area contributed by atoms with Crippen LogP contribution in [0.2, 0.25) is 0 Å². The van der Waals surface area contributed by atoms with Gasteiger partial charge in [0.1, 0.15) is 0 Å². The number of benzene rings is 1. The summed E-state index contributed by atoms with van der Waals surface area (Å²) in [7, 11) is 0. The second kappa shape index (κ2) is 4.69. The van der Waals surface area contributed by atoms with Gasteiger partial charge < -0.3 is 9.88 Å². The number of hydrogen-bond donors (Lipinski definition) is 2. The van der Waals surface area contributed by atoms with E-state index < -0.39 is 0 Å². The van der Waals surface area contributed by atoms with Crippen molar-refractivity contribution in [3.8, 4) is 0 Å². The number of H-pyrrole nitrogens is 1. The highest BCUT2D eigenvalue weighted by molar-refractivity contribution is 7.80. The Morgan fingerprint density at radius 1 is 1.39 bits per heavy atom. The molecule has 1 unspecified atom stereocenters. The standard InChI is InChI=1S/C14H16N2OS/c17-14-6-11(9-18)8-16(14)7-10-1-2-13-12(5-10)3-4-15-13/h1-5,11,15,18H,6-9H2. The molecule has 1 atom stereocenters. The molecule has 0 radical (unpaired) electrons. The largest absolute Gasteiger partial charge is 0.361 e. The van der Waals surface area contributed by atoms with Crippen LogP contribution in [0.25, 0.3) is 10.9 Å². The first-order chi connectivity index (χ1) is 8.76. The van der Waals surface area contributed by atoms with E-state index in [1.807, 2.05) is 11.1 Å². The number of aromatic amines is 1. The lowest BCUT2D eigenvalue weighted by Gasteiger charge is -2.16. The lowest BCUT2D eigenvalue weighted by Crippen LogP contribution is -2.24. The summed E-state index contributed by atoms with van der Waals surface area (Å²) in [6.07, 6.45) is 2.59. The lowest BCUT2D eigenvalue weighted by atomic mass is 10.1. The van der Waals surface area contributed by atoms with Crippen LogP contribution < -0.4 is 0 Å². The van der Waals surface area contributed by atoms with Crippen molar-refractivity contribution in [3.05, 3.63) is 36.0 Å². The molecular weight excluding hydrogens is 244 g/mol. The third kappa shape index (κ3) is 2.12. The van der Waals surface area contributed by atoms with Gasteiger partial charge in [-0.25, -0.2) is 0 Å². The first kappa shape index (κ1) is 11.7. The number of fused-ring (bicyclic) bond motifs is 1. The number of carbonyl (C=O) groups is 1. The quantitative estimate of drug-likeness (QED) is 0.817. The Bertz CT molecular complexity index is 578. The fraction of sp³-hybridized carbons (Fsp3) is 0.357. The van der Waals surface area contributed by atoms with Crippen LogP contribution in [0.5, 0.6) is 0 Å². The molecule has 0 aliphatic carbocycles. The number of hydrogen-bond acceptors (Lipinski definition) is 2. The van der Waals surface area contributed by atoms with E-state index in [-0.39, 0.29) is 5.91 Å². The average Bonchev–Trinajstić information content (AvgIpc) is 2.96. The molecule has 1 aromatic carbocycles. The molecular formula is C14H16N2OS. The van der Waals surface area contributed by atoms with Gasteiger partial charge in [-0.15, -0.1) is 0 Å². The molecule has 0 spiro atoms. The number of thiol groups is 1. The summed E-state index contributed by atoms with van der Waals surface area (Å²) in [6, 6.07) is 8.36. The van der Waals surface area contributed by atoms with Crippen molar-refractivity contribution >= 4 is 29.4 Å². The third-order valence-corrected chi connectivity index (χ3v) is 4.06. The lowest BCUT2D eigenvalue weighted by molar-refractivity contribution is -0.128. The number of likely N-dealkylation sites (tertiary alicyclic amines) is 1. The molecule has 1 aromatic heterocycles. The van der Waals surface area contributed by atoms with E-state index in [1.165, 1.54) is 10.9 Å². The van der Waals surface area contributed by atoms with E-state index in [9.17, 15) is 4.79 Å². The molecule has 1 N–H and O–H groups in total. The van der Waals surface area contributed by atoms with Gasteiger partial charge >= 0.3 is 0 Å². The topological polar surface area (TPSA) is 36.1 Å². The van der Waals surface area contributed by atoms with Gasteiger partial charge in [0.05, 0.1) is 0 Å². The third-order valence-electron chi connectivity index (χ3n) is 3.54. The summed E-state index contributed by atoms with van der Waals surface area (Å²) in [5, 5.41) is 1.20. The SMILES string of the molecule is O=C1CC(CS)CN1Cc1ccc2[nH]ccc2c1. The fourth-order valence-corrected chi connectivity index (χ4v) is 2.80. The van der Waals surface area contributed by atoms with Crippen LogP contribution in [-0.2, 0) is 11.3 Å². The molecule has 1 aliphatic rings. The Kier molecular flexibility index (Phi) is 3.04. The minimum atomic E-state index is 0.253. The number of amides is 1. The molecule has 3 nitrogen and oxygen atoms in total. The van der Waals surface area contributed by atoms with Gasteiger partial charge in [-0.1, -0.05) is 6.07 Å². The van der Waals surface area contributed by atoms with E-state index in [1.54, 1.807) is 0 Å². The first-order valence-corrected chi connectivity index (χ1v) is 6.84. The average molecular weight is 260 g/mol. The molecule has 3 rings (SSSR count). The number of nitrogens with zero attached hydrogens (tertiary/aromatic N) is 1. The van der Waals surface area contributed by atoms with Crippen LogP contribution in [0.3, 0.4) is 0 Å². The van der Waals surface area contributed by atoms with Gasteiger partial charge in [0, 0.05) is 31.2 Å². The molecule has 1 amide bonds. The molecule has 1 aliphatic heterocycles. The molecule has 0 saturated carbocycles. The number of rotatable bonds is 3. The fourth-order valence-electron chi connectivity index (χ4n) is 2.55. The minimum absolute atomic E-state index is 0.253. The second-order valence-corrected chi connectivity index (χ2v) is 5.29. The predicted molar refractivity (Wildman–Crippen MR) is 75.7 cm³/mol. The molecule has 1 fully saturated rings. The number of aromatic nitrogens is 1. The Morgan fingerprint density at radius 3 is 3.06 bits per heavy atom. The van der Waals surface area contributed by atoms with E-state index >= 15 is 0 Å². The first-order valence-electron chi connectivity index (χ1n) is 6.21. The summed E-state index contributed by atoms with van der Waals surface area (Å²) >= 11 is 4.28. The Hall–Kier alpha value is -1.42. The van der Waals surface area contributed by atoms with Gasteiger partial charge in [-0.05, 0) is 40.8 Å². The highest BCUT2D eigenvalue weighted by Crippen LogP contribution is 2.22. The van der Waals surface area contributed by atoms with Crippen molar-refractivity contribution < 1.29 is 4.79 Å². The zero-order valence-electron chi connectivity index (χ0n) is 10.1. The van der Waals surface area contributed by atoms with Crippen LogP contribution in [0, 0.1) is 5.92 Å². The monoisotopic (exact) mass is 260 g/mol. The summed E-state index contributed by atoms with van der Waals surface area (Å²) in [4.78, 5) is 17.0. The Morgan fingerprint density at radius 2 is 2.28 bits per heavy atom. The molecule has 4 heteroatoms. The van der Waals surface area contributed by atoms with Gasteiger partial charge in [0.2, 0.25) is 5.91 Å². The van der Waals surface area contributed by atoms with Gasteiger partial charge in [-0.3, -0.25) is 4.79 Å². The smallest absolute Gasteiger partial charge is 0.223 e. The summed E-state index contributed by atoms with van der Waals surface area (Å²) in [5.41, 5.74) is 2.33. The summed E-state index contributed by atoms with van der Waals surface area (Å²) < 4.78 is 0. The van der Waals surface area contributed by atoms with Crippen LogP contribution in [0.1, 0.15) is 12.0 Å². The van der Waals surface area contributed by atoms with Crippen LogP contribution >= 0.6 is 12.6 Å². The normalized spacial score (nSPS) is 19.9. The maximum Gasteiger partial charge on any atom is 0.223 e. The summed E-state index contributed by atoms with van der Waals surface area (Å²) in [5.74, 6) is 1.46. The summed E-state index contributed by atoms with van der Waals surface area (Å²) in [6.45, 7) is 1.55. The van der Waals surface area contributed by atoms with Gasteiger partial charge in [-0.2, -0.15) is 12.6 Å². The highest BCUT2D eigenvalue weighted by Gasteiger charge is 2.28. The highest BCUT2D eigenvalue weighted by atomic mass is 32.1. The van der Waals surface area contributed by atoms with Crippen LogP contribution in [-0.4, -0.2) is 28.1 Å². The van der Waals surface area contributed by atoms with E-state index in [0.717, 1.165) is 17.8 Å². The Balaban J connectivity index is 1.77.